The molecule has 1 N–H and O–H groups in total. The van der Waals surface area contributed by atoms with Gasteiger partial charge in [0.2, 0.25) is 0 Å². The van der Waals surface area contributed by atoms with Crippen LogP contribution in [0.25, 0.3) is 5.57 Å². The highest BCUT2D eigenvalue weighted by molar-refractivity contribution is 5.86. The largest absolute Gasteiger partial charge is 0.479 e. The van der Waals surface area contributed by atoms with Crippen LogP contribution >= 0.6 is 0 Å². The number of amides is 1. The fourth-order valence-corrected chi connectivity index (χ4v) is 2.63. The molecule has 0 saturated carbocycles. The first-order valence-electron chi connectivity index (χ1n) is 8.00. The molecule has 1 aliphatic rings. The zero-order chi connectivity index (χ0) is 19.6. The van der Waals surface area contributed by atoms with Crippen LogP contribution in [-0.4, -0.2) is 40.3 Å². The van der Waals surface area contributed by atoms with Gasteiger partial charge in [-0.15, -0.1) is 0 Å². The summed E-state index contributed by atoms with van der Waals surface area (Å²) < 4.78 is 44.4. The van der Waals surface area contributed by atoms with E-state index in [0.29, 0.717) is 11.1 Å². The first-order valence-corrected chi connectivity index (χ1v) is 8.00. The summed E-state index contributed by atoms with van der Waals surface area (Å²) in [6.45, 7) is 5.03. The van der Waals surface area contributed by atoms with Crippen molar-refractivity contribution in [3.8, 4) is 0 Å². The second kappa shape index (κ2) is 7.39. The molecule has 0 fully saturated rings. The van der Waals surface area contributed by atoms with Crippen molar-refractivity contribution in [1.29, 1.82) is 0 Å². The third-order valence-electron chi connectivity index (χ3n) is 3.80. The van der Waals surface area contributed by atoms with Crippen molar-refractivity contribution >= 4 is 17.6 Å². The van der Waals surface area contributed by atoms with E-state index in [2.05, 4.69) is 0 Å². The highest BCUT2D eigenvalue weighted by Gasteiger charge is 2.34. The summed E-state index contributed by atoms with van der Waals surface area (Å²) >= 11 is 0. The van der Waals surface area contributed by atoms with Crippen molar-refractivity contribution in [2.24, 2.45) is 0 Å². The molecule has 26 heavy (non-hydrogen) atoms. The zero-order valence-corrected chi connectivity index (χ0v) is 14.6. The number of hydrogen-bond acceptors (Lipinski definition) is 3. The van der Waals surface area contributed by atoms with Crippen molar-refractivity contribution in [3.63, 3.8) is 0 Å². The van der Waals surface area contributed by atoms with Crippen LogP contribution < -0.4 is 0 Å². The lowest BCUT2D eigenvalue weighted by atomic mass is 9.94. The molecule has 2 rings (SSSR count). The second-order valence-electron chi connectivity index (χ2n) is 6.94. The molecule has 0 saturated heterocycles. The predicted octanol–water partition coefficient (Wildman–Crippen LogP) is 4.24. The zero-order valence-electron chi connectivity index (χ0n) is 14.6. The van der Waals surface area contributed by atoms with Gasteiger partial charge >= 0.3 is 12.1 Å². The molecule has 1 unspecified atom stereocenters. The minimum absolute atomic E-state index is 0.0408. The number of benzene rings is 1. The Labute approximate surface area is 149 Å². The standard InChI is InChI=1S/C18H20F3NO4/c1-18(2,3)26-17(25)22-7-6-11(9-14(22)16(23)24)10-4-5-13(19)12(8-10)15(20)21/h4-5,8-9,14-15H,6-7H2,1-3H3,(H,23,24). The average molecular weight is 371 g/mol. The molecule has 1 aromatic carbocycles. The summed E-state index contributed by atoms with van der Waals surface area (Å²) in [5, 5.41) is 9.43. The molecule has 142 valence electrons. The number of alkyl halides is 2. The molecule has 1 aromatic rings. The number of carboxylic acid groups (broad SMARTS) is 1. The van der Waals surface area contributed by atoms with Crippen LogP contribution in [0.1, 0.15) is 44.7 Å². The summed E-state index contributed by atoms with van der Waals surface area (Å²) in [6.07, 6.45) is -2.21. The van der Waals surface area contributed by atoms with Gasteiger partial charge in [0.15, 0.2) is 6.04 Å². The number of ether oxygens (including phenoxy) is 1. The van der Waals surface area contributed by atoms with E-state index in [1.807, 2.05) is 0 Å². The fourth-order valence-electron chi connectivity index (χ4n) is 2.63. The van der Waals surface area contributed by atoms with Crippen LogP contribution in [0.2, 0.25) is 0 Å². The van der Waals surface area contributed by atoms with Gasteiger partial charge in [0.25, 0.3) is 6.43 Å². The van der Waals surface area contributed by atoms with Gasteiger partial charge in [-0.05, 0) is 56.5 Å². The van der Waals surface area contributed by atoms with Gasteiger partial charge < -0.3 is 9.84 Å². The maximum Gasteiger partial charge on any atom is 0.411 e. The highest BCUT2D eigenvalue weighted by Crippen LogP contribution is 2.30. The van der Waals surface area contributed by atoms with Crippen molar-refractivity contribution < 1.29 is 32.6 Å². The molecule has 1 atom stereocenters. The van der Waals surface area contributed by atoms with Crippen LogP contribution in [0.3, 0.4) is 0 Å². The minimum atomic E-state index is -2.98. The van der Waals surface area contributed by atoms with Crippen LogP contribution in [0.5, 0.6) is 0 Å². The normalized spacial score (nSPS) is 17.9. The topological polar surface area (TPSA) is 66.8 Å². The van der Waals surface area contributed by atoms with Gasteiger partial charge in [0.05, 0.1) is 5.56 Å². The van der Waals surface area contributed by atoms with Crippen molar-refractivity contribution in [1.82, 2.24) is 4.90 Å². The van der Waals surface area contributed by atoms with Crippen molar-refractivity contribution in [2.45, 2.75) is 45.3 Å². The Bertz CT molecular complexity index is 740. The van der Waals surface area contributed by atoms with E-state index in [0.717, 1.165) is 17.0 Å². The Balaban J connectivity index is 2.33. The summed E-state index contributed by atoms with van der Waals surface area (Å²) in [5.74, 6) is -2.30. The van der Waals surface area contributed by atoms with E-state index < -0.39 is 41.5 Å². The van der Waals surface area contributed by atoms with Gasteiger partial charge in [-0.1, -0.05) is 6.07 Å². The molecule has 0 aromatic heterocycles. The molecule has 0 bridgehead atoms. The monoisotopic (exact) mass is 371 g/mol. The summed E-state index contributed by atoms with van der Waals surface area (Å²) in [4.78, 5) is 24.9. The average Bonchev–Trinajstić information content (AvgIpc) is 2.52. The lowest BCUT2D eigenvalue weighted by molar-refractivity contribution is -0.141. The van der Waals surface area contributed by atoms with E-state index in [1.165, 1.54) is 12.1 Å². The van der Waals surface area contributed by atoms with E-state index in [-0.39, 0.29) is 13.0 Å². The molecular formula is C18H20F3NO4. The van der Waals surface area contributed by atoms with Gasteiger partial charge in [0.1, 0.15) is 11.4 Å². The number of carbonyl (C=O) groups excluding carboxylic acids is 1. The number of nitrogens with zero attached hydrogens (tertiary/aromatic N) is 1. The predicted molar refractivity (Wildman–Crippen MR) is 88.3 cm³/mol. The Kier molecular flexibility index (Phi) is 5.63. The minimum Gasteiger partial charge on any atom is -0.479 e. The second-order valence-corrected chi connectivity index (χ2v) is 6.94. The number of aliphatic carboxylic acids is 1. The van der Waals surface area contributed by atoms with Crippen LogP contribution in [0, 0.1) is 5.82 Å². The first-order chi connectivity index (χ1) is 12.0. The lowest BCUT2D eigenvalue weighted by Crippen LogP contribution is -2.48. The molecular weight excluding hydrogens is 351 g/mol. The molecule has 0 spiro atoms. The van der Waals surface area contributed by atoms with Crippen molar-refractivity contribution in [3.05, 3.63) is 41.2 Å². The van der Waals surface area contributed by atoms with Crippen LogP contribution in [0.15, 0.2) is 24.3 Å². The Hall–Kier alpha value is -2.51. The van der Waals surface area contributed by atoms with Gasteiger partial charge in [0, 0.05) is 6.54 Å². The Morgan fingerprint density at radius 2 is 1.96 bits per heavy atom. The molecule has 0 aliphatic carbocycles. The van der Waals surface area contributed by atoms with Gasteiger partial charge in [-0.2, -0.15) is 0 Å². The number of carbonyl (C=O) groups is 2. The lowest BCUT2D eigenvalue weighted by Gasteiger charge is -2.33. The number of hydrogen-bond donors (Lipinski definition) is 1. The molecule has 1 amide bonds. The molecule has 1 heterocycles. The summed E-state index contributed by atoms with van der Waals surface area (Å²) in [6, 6.07) is 1.95. The number of rotatable bonds is 3. The third kappa shape index (κ3) is 4.56. The first kappa shape index (κ1) is 19.8. The Morgan fingerprint density at radius 1 is 1.31 bits per heavy atom. The van der Waals surface area contributed by atoms with Gasteiger partial charge in [-0.3, -0.25) is 4.90 Å². The van der Waals surface area contributed by atoms with Gasteiger partial charge in [-0.25, -0.2) is 22.8 Å². The maximum absolute atomic E-state index is 13.5. The molecule has 8 heteroatoms. The Morgan fingerprint density at radius 3 is 2.50 bits per heavy atom. The number of carboxylic acids is 1. The van der Waals surface area contributed by atoms with E-state index in [1.54, 1.807) is 20.8 Å². The summed E-state index contributed by atoms with van der Waals surface area (Å²) in [7, 11) is 0. The molecule has 1 aliphatic heterocycles. The highest BCUT2D eigenvalue weighted by atomic mass is 19.3. The quantitative estimate of drug-likeness (QED) is 0.863. The van der Waals surface area contributed by atoms with Crippen LogP contribution in [0.4, 0.5) is 18.0 Å². The SMILES string of the molecule is CC(C)(C)OC(=O)N1CCC(c2ccc(F)c(C(F)F)c2)=CC1C(=O)O. The maximum atomic E-state index is 13.5. The third-order valence-corrected chi connectivity index (χ3v) is 3.80. The van der Waals surface area contributed by atoms with E-state index >= 15 is 0 Å². The molecule has 5 nitrogen and oxygen atoms in total. The smallest absolute Gasteiger partial charge is 0.411 e. The van der Waals surface area contributed by atoms with Crippen molar-refractivity contribution in [2.75, 3.05) is 6.54 Å². The van der Waals surface area contributed by atoms with Crippen LogP contribution in [-0.2, 0) is 9.53 Å². The number of halogens is 3. The van der Waals surface area contributed by atoms with E-state index in [4.69, 9.17) is 4.74 Å². The summed E-state index contributed by atoms with van der Waals surface area (Å²) in [5.41, 5.74) is -0.770. The fraction of sp³-hybridized carbons (Fsp3) is 0.444. The van der Waals surface area contributed by atoms with E-state index in [9.17, 15) is 27.9 Å². The molecule has 0 radical (unpaired) electrons.